The van der Waals surface area contributed by atoms with E-state index in [1.807, 2.05) is 12.1 Å². The van der Waals surface area contributed by atoms with Crippen LogP contribution in [0.25, 0.3) is 54.9 Å². The lowest BCUT2D eigenvalue weighted by atomic mass is 10.0. The molecule has 0 saturated carbocycles. The number of halogens is 2. The molecule has 0 N–H and O–H groups in total. The third kappa shape index (κ3) is 2.32. The van der Waals surface area contributed by atoms with Crippen LogP contribution in [0, 0.1) is 0 Å². The molecule has 0 saturated heterocycles. The zero-order chi connectivity index (χ0) is 18.2. The van der Waals surface area contributed by atoms with Crippen molar-refractivity contribution in [3.63, 3.8) is 0 Å². The molecule has 146 valence electrons. The minimum absolute atomic E-state index is 0. The largest absolute Gasteiger partial charge is 1.00 e. The van der Waals surface area contributed by atoms with Crippen LogP contribution in [0.2, 0.25) is 0 Å². The average Bonchev–Trinajstić information content (AvgIpc) is 2.77. The maximum atomic E-state index is 5.09. The van der Waals surface area contributed by atoms with Gasteiger partial charge in [0, 0.05) is 24.5 Å². The lowest BCUT2D eigenvalue weighted by molar-refractivity contribution is -0.771. The summed E-state index contributed by atoms with van der Waals surface area (Å²) < 4.78 is 4.65. The van der Waals surface area contributed by atoms with Crippen LogP contribution in [0.1, 0.15) is 0 Å². The molecule has 0 atom stereocenters. The zero-order valence-electron chi connectivity index (χ0n) is 15.6. The van der Waals surface area contributed by atoms with Crippen molar-refractivity contribution in [1.29, 1.82) is 0 Å². The first-order valence-corrected chi connectivity index (χ1v) is 9.36. The van der Waals surface area contributed by atoms with Gasteiger partial charge in [-0.25, -0.2) is 9.97 Å². The van der Waals surface area contributed by atoms with Crippen LogP contribution in [0.15, 0.2) is 61.2 Å². The molecule has 6 aromatic rings. The van der Waals surface area contributed by atoms with Gasteiger partial charge in [-0.2, -0.15) is 9.13 Å². The average molecular weight is 433 g/mol. The van der Waals surface area contributed by atoms with E-state index in [4.69, 9.17) is 9.97 Å². The number of fused-ring (bicyclic) bond motifs is 6. The summed E-state index contributed by atoms with van der Waals surface area (Å²) >= 11 is 0. The van der Waals surface area contributed by atoms with Gasteiger partial charge in [-0.05, 0) is 24.3 Å². The minimum atomic E-state index is 0. The van der Waals surface area contributed by atoms with E-state index in [2.05, 4.69) is 55.8 Å². The topological polar surface area (TPSA) is 59.3 Å². The Morgan fingerprint density at radius 2 is 1.20 bits per heavy atom. The molecular weight excluding hydrogens is 419 g/mol. The Hall–Kier alpha value is -3.22. The third-order valence-corrected chi connectivity index (χ3v) is 5.73. The standard InChI is InChI=1S/C22H14N6.2ClH/c1-3-13-17-18(14-4-2-10-28-12-11-27(9-1)21(13)22(14)28)26-20-16(25-17)6-5-15-19(20)24-8-7-23-15;;/h1-10H,11-12H2;2*1H/q+2;;/p-2. The Labute approximate surface area is 183 Å². The van der Waals surface area contributed by atoms with Gasteiger partial charge in [0.2, 0.25) is 13.1 Å². The van der Waals surface area contributed by atoms with E-state index in [0.717, 1.165) is 57.0 Å². The van der Waals surface area contributed by atoms with Crippen molar-refractivity contribution in [2.24, 2.45) is 0 Å². The number of pyridine rings is 2. The van der Waals surface area contributed by atoms with Crippen LogP contribution in [0.5, 0.6) is 0 Å². The number of hydrogen-bond donors (Lipinski definition) is 0. The fraction of sp³-hybridized carbons (Fsp3) is 0.0909. The number of benzene rings is 2. The second-order valence-electron chi connectivity index (χ2n) is 7.21. The molecule has 2 aromatic carbocycles. The highest BCUT2D eigenvalue weighted by Gasteiger charge is 2.30. The van der Waals surface area contributed by atoms with E-state index < -0.39 is 0 Å². The highest BCUT2D eigenvalue weighted by atomic mass is 35.5. The Morgan fingerprint density at radius 3 is 1.90 bits per heavy atom. The lowest BCUT2D eigenvalue weighted by Crippen LogP contribution is -3.00. The first-order valence-electron chi connectivity index (χ1n) is 9.36. The second-order valence-corrected chi connectivity index (χ2v) is 7.21. The van der Waals surface area contributed by atoms with Crippen molar-refractivity contribution < 1.29 is 33.9 Å². The van der Waals surface area contributed by atoms with Gasteiger partial charge >= 0.3 is 0 Å². The fourth-order valence-electron chi connectivity index (χ4n) is 4.53. The Kier molecular flexibility index (Phi) is 4.17. The van der Waals surface area contributed by atoms with E-state index in [9.17, 15) is 0 Å². The molecule has 0 spiro atoms. The van der Waals surface area contributed by atoms with Gasteiger partial charge in [-0.15, -0.1) is 0 Å². The van der Waals surface area contributed by atoms with Gasteiger partial charge in [0.05, 0.1) is 21.8 Å². The maximum absolute atomic E-state index is 5.09. The van der Waals surface area contributed by atoms with E-state index in [1.54, 1.807) is 12.4 Å². The zero-order valence-corrected chi connectivity index (χ0v) is 17.1. The predicted molar refractivity (Wildman–Crippen MR) is 106 cm³/mol. The van der Waals surface area contributed by atoms with E-state index in [0.29, 0.717) is 0 Å². The van der Waals surface area contributed by atoms with Gasteiger partial charge in [0.25, 0.3) is 11.0 Å². The molecule has 6 nitrogen and oxygen atoms in total. The number of rotatable bonds is 0. The molecule has 8 heteroatoms. The number of aromatic nitrogens is 6. The molecule has 0 unspecified atom stereocenters. The predicted octanol–water partition coefficient (Wildman–Crippen LogP) is -3.37. The van der Waals surface area contributed by atoms with E-state index in [1.165, 1.54) is 11.0 Å². The second kappa shape index (κ2) is 6.65. The Morgan fingerprint density at radius 1 is 0.600 bits per heavy atom. The van der Waals surface area contributed by atoms with Crippen molar-refractivity contribution in [3.8, 4) is 0 Å². The molecule has 5 heterocycles. The van der Waals surface area contributed by atoms with Crippen molar-refractivity contribution in [1.82, 2.24) is 19.9 Å². The molecule has 0 bridgehead atoms. The van der Waals surface area contributed by atoms with Gasteiger partial charge in [-0.3, -0.25) is 9.97 Å². The normalized spacial score (nSPS) is 12.5. The Balaban J connectivity index is 0.000000963. The quantitative estimate of drug-likeness (QED) is 0.143. The third-order valence-electron chi connectivity index (χ3n) is 5.73. The van der Waals surface area contributed by atoms with Gasteiger partial charge < -0.3 is 24.8 Å². The number of hydrogen-bond acceptors (Lipinski definition) is 4. The highest BCUT2D eigenvalue weighted by Crippen LogP contribution is 2.32. The SMILES string of the molecule is [Cl-].[Cl-].c1cc2c3nc4ccc5nccnc5c4nc3c3ccc[n+]4c3c2[n+](c1)CC4. The number of aryl methyl sites for hydroxylation is 2. The molecule has 30 heavy (non-hydrogen) atoms. The summed E-state index contributed by atoms with van der Waals surface area (Å²) in [6, 6.07) is 12.4. The molecule has 7 rings (SSSR count). The lowest BCUT2D eigenvalue weighted by Gasteiger charge is -2.12. The molecule has 0 fully saturated rings. The van der Waals surface area contributed by atoms with E-state index >= 15 is 0 Å². The van der Waals surface area contributed by atoms with Gasteiger partial charge in [0.15, 0.2) is 12.4 Å². The Bertz CT molecular complexity index is 1630. The van der Waals surface area contributed by atoms with E-state index in [-0.39, 0.29) is 24.8 Å². The molecule has 1 aliphatic rings. The van der Waals surface area contributed by atoms with Gasteiger partial charge in [0.1, 0.15) is 22.1 Å². The van der Waals surface area contributed by atoms with Crippen molar-refractivity contribution in [2.75, 3.05) is 0 Å². The number of nitrogens with zero attached hydrogens (tertiary/aromatic N) is 6. The minimum Gasteiger partial charge on any atom is -1.00 e. The first kappa shape index (κ1) is 18.8. The fourth-order valence-corrected chi connectivity index (χ4v) is 4.53. The van der Waals surface area contributed by atoms with Crippen LogP contribution in [-0.4, -0.2) is 19.9 Å². The van der Waals surface area contributed by atoms with Gasteiger partial charge in [-0.1, -0.05) is 0 Å². The summed E-state index contributed by atoms with van der Waals surface area (Å²) in [4.78, 5) is 19.1. The maximum Gasteiger partial charge on any atom is 0.287 e. The monoisotopic (exact) mass is 432 g/mol. The summed E-state index contributed by atoms with van der Waals surface area (Å²) in [7, 11) is 0. The molecule has 0 amide bonds. The van der Waals surface area contributed by atoms with Crippen LogP contribution < -0.4 is 33.9 Å². The molecule has 0 radical (unpaired) electrons. The van der Waals surface area contributed by atoms with Crippen LogP contribution in [0.4, 0.5) is 0 Å². The van der Waals surface area contributed by atoms with Crippen molar-refractivity contribution in [2.45, 2.75) is 13.1 Å². The summed E-state index contributed by atoms with van der Waals surface area (Å²) in [6.07, 6.45) is 7.72. The van der Waals surface area contributed by atoms with Crippen molar-refractivity contribution >= 4 is 54.9 Å². The molecule has 0 aliphatic carbocycles. The summed E-state index contributed by atoms with van der Waals surface area (Å²) in [6.45, 7) is 1.91. The summed E-state index contributed by atoms with van der Waals surface area (Å²) in [5.41, 5.74) is 7.58. The van der Waals surface area contributed by atoms with Crippen LogP contribution in [0.3, 0.4) is 0 Å². The first-order chi connectivity index (χ1) is 13.9. The summed E-state index contributed by atoms with van der Waals surface area (Å²) in [5.74, 6) is 0. The highest BCUT2D eigenvalue weighted by molar-refractivity contribution is 6.20. The smallest absolute Gasteiger partial charge is 0.287 e. The van der Waals surface area contributed by atoms with Crippen LogP contribution in [-0.2, 0) is 13.1 Å². The van der Waals surface area contributed by atoms with Crippen LogP contribution >= 0.6 is 0 Å². The van der Waals surface area contributed by atoms with Crippen molar-refractivity contribution in [3.05, 3.63) is 61.2 Å². The summed E-state index contributed by atoms with van der Waals surface area (Å²) in [5, 5.41) is 2.26. The molecule has 4 aromatic heterocycles. The molecular formula is C22H14Cl2N6. The molecule has 1 aliphatic heterocycles.